The Balaban J connectivity index is 1.45. The van der Waals surface area contributed by atoms with E-state index in [0.29, 0.717) is 28.1 Å². The van der Waals surface area contributed by atoms with Crippen molar-refractivity contribution < 1.29 is 32.6 Å². The zero-order valence-electron chi connectivity index (χ0n) is 20.1. The molecule has 0 aliphatic rings. The molecule has 0 saturated heterocycles. The molecule has 190 valence electrons. The van der Waals surface area contributed by atoms with Crippen molar-refractivity contribution >= 4 is 34.1 Å². The molecule has 2 heterocycles. The molecular weight excluding hydrogens is 486 g/mol. The van der Waals surface area contributed by atoms with Crippen LogP contribution in [0.3, 0.4) is 0 Å². The first-order chi connectivity index (χ1) is 17.8. The van der Waals surface area contributed by atoms with Crippen molar-refractivity contribution in [2.45, 2.75) is 6.42 Å². The lowest BCUT2D eigenvalue weighted by Gasteiger charge is -2.17. The van der Waals surface area contributed by atoms with Crippen molar-refractivity contribution in [3.63, 3.8) is 0 Å². The SMILES string of the molecule is COc1cc2nccc(Oc3ncc(NC(=O)CC(=O)N(C)c4ccc(F)cc4)cc3F)c2cc1OC. The third kappa shape index (κ3) is 5.72. The Labute approximate surface area is 210 Å². The number of amides is 2. The fourth-order valence-electron chi connectivity index (χ4n) is 3.48. The van der Waals surface area contributed by atoms with Crippen LogP contribution in [0.1, 0.15) is 6.42 Å². The maximum Gasteiger partial charge on any atom is 0.256 e. The molecule has 37 heavy (non-hydrogen) atoms. The van der Waals surface area contributed by atoms with Gasteiger partial charge in [-0.15, -0.1) is 0 Å². The van der Waals surface area contributed by atoms with Crippen LogP contribution in [0.4, 0.5) is 20.2 Å². The Morgan fingerprint density at radius 1 is 0.946 bits per heavy atom. The Kier molecular flexibility index (Phi) is 7.42. The Morgan fingerprint density at radius 3 is 2.32 bits per heavy atom. The molecule has 0 unspecified atom stereocenters. The van der Waals surface area contributed by atoms with Crippen LogP contribution >= 0.6 is 0 Å². The number of hydrogen-bond donors (Lipinski definition) is 1. The second-order valence-electron chi connectivity index (χ2n) is 7.80. The van der Waals surface area contributed by atoms with E-state index in [1.165, 1.54) is 62.8 Å². The van der Waals surface area contributed by atoms with E-state index < -0.39 is 29.9 Å². The fourth-order valence-corrected chi connectivity index (χ4v) is 3.48. The quantitative estimate of drug-likeness (QED) is 0.344. The molecule has 4 rings (SSSR count). The average Bonchev–Trinajstić information content (AvgIpc) is 2.89. The summed E-state index contributed by atoms with van der Waals surface area (Å²) in [4.78, 5) is 34.2. The fraction of sp³-hybridized carbons (Fsp3) is 0.154. The van der Waals surface area contributed by atoms with Crippen LogP contribution in [0.25, 0.3) is 10.9 Å². The Hall–Kier alpha value is -4.80. The van der Waals surface area contributed by atoms with Crippen molar-refractivity contribution in [3.05, 3.63) is 72.6 Å². The zero-order valence-corrected chi connectivity index (χ0v) is 20.1. The lowest BCUT2D eigenvalue weighted by molar-refractivity contribution is -0.125. The third-order valence-corrected chi connectivity index (χ3v) is 5.40. The number of benzene rings is 2. The molecule has 0 radical (unpaired) electrons. The van der Waals surface area contributed by atoms with Crippen molar-refractivity contribution in [2.24, 2.45) is 0 Å². The first-order valence-electron chi connectivity index (χ1n) is 10.9. The molecule has 2 aromatic carbocycles. The van der Waals surface area contributed by atoms with Crippen molar-refractivity contribution in [3.8, 4) is 23.1 Å². The molecule has 0 aliphatic carbocycles. The van der Waals surface area contributed by atoms with E-state index in [9.17, 15) is 18.4 Å². The molecule has 4 aromatic rings. The van der Waals surface area contributed by atoms with Gasteiger partial charge in [0.2, 0.25) is 11.8 Å². The zero-order chi connectivity index (χ0) is 26.5. The minimum absolute atomic E-state index is 0.0399. The molecule has 0 spiro atoms. The predicted molar refractivity (Wildman–Crippen MR) is 132 cm³/mol. The maximum absolute atomic E-state index is 14.8. The lowest BCUT2D eigenvalue weighted by atomic mass is 10.2. The van der Waals surface area contributed by atoms with Crippen LogP contribution in [0.2, 0.25) is 0 Å². The number of anilines is 2. The molecule has 0 atom stereocenters. The minimum atomic E-state index is -0.835. The first kappa shape index (κ1) is 25.3. The number of pyridine rings is 2. The van der Waals surface area contributed by atoms with Crippen LogP contribution in [0.15, 0.2) is 60.9 Å². The number of carbonyl (C=O) groups is 2. The first-order valence-corrected chi connectivity index (χ1v) is 10.9. The Bertz CT molecular complexity index is 1460. The minimum Gasteiger partial charge on any atom is -0.493 e. The summed E-state index contributed by atoms with van der Waals surface area (Å²) >= 11 is 0. The molecular formula is C26H22F2N4O5. The van der Waals surface area contributed by atoms with E-state index in [-0.39, 0.29) is 17.3 Å². The van der Waals surface area contributed by atoms with Crippen LogP contribution in [-0.2, 0) is 9.59 Å². The molecule has 2 aromatic heterocycles. The van der Waals surface area contributed by atoms with Gasteiger partial charge in [0, 0.05) is 36.5 Å². The number of fused-ring (bicyclic) bond motifs is 1. The van der Waals surface area contributed by atoms with Crippen LogP contribution in [-0.4, -0.2) is 43.0 Å². The van der Waals surface area contributed by atoms with Crippen molar-refractivity contribution in [1.82, 2.24) is 9.97 Å². The number of aromatic nitrogens is 2. The molecule has 0 saturated carbocycles. The standard InChI is InChI=1S/C26H22F2N4O5/c1-32(17-6-4-15(27)5-7-17)25(34)13-24(33)31-16-10-19(28)26(30-14-16)37-21-8-9-29-20-12-23(36-3)22(35-2)11-18(20)21/h4-12,14H,13H2,1-3H3,(H,31,33). The summed E-state index contributed by atoms with van der Waals surface area (Å²) in [6.45, 7) is 0. The molecule has 0 bridgehead atoms. The molecule has 0 fully saturated rings. The predicted octanol–water partition coefficient (Wildman–Crippen LogP) is 4.71. The second-order valence-corrected chi connectivity index (χ2v) is 7.80. The molecule has 1 N–H and O–H groups in total. The van der Waals surface area contributed by atoms with Crippen LogP contribution < -0.4 is 24.4 Å². The molecule has 2 amide bonds. The highest BCUT2D eigenvalue weighted by atomic mass is 19.1. The van der Waals surface area contributed by atoms with Crippen LogP contribution in [0, 0.1) is 11.6 Å². The third-order valence-electron chi connectivity index (χ3n) is 5.40. The number of methoxy groups -OCH3 is 2. The number of rotatable bonds is 8. The normalized spacial score (nSPS) is 10.6. The largest absolute Gasteiger partial charge is 0.493 e. The van der Waals surface area contributed by atoms with E-state index >= 15 is 0 Å². The van der Waals surface area contributed by atoms with Gasteiger partial charge in [-0.3, -0.25) is 14.6 Å². The smallest absolute Gasteiger partial charge is 0.256 e. The summed E-state index contributed by atoms with van der Waals surface area (Å²) < 4.78 is 44.2. The van der Waals surface area contributed by atoms with Gasteiger partial charge in [0.05, 0.1) is 31.6 Å². The summed E-state index contributed by atoms with van der Waals surface area (Å²) in [7, 11) is 4.46. The van der Waals surface area contributed by atoms with Gasteiger partial charge in [-0.1, -0.05) is 0 Å². The van der Waals surface area contributed by atoms with E-state index in [4.69, 9.17) is 14.2 Å². The van der Waals surface area contributed by atoms with Gasteiger partial charge in [0.25, 0.3) is 5.88 Å². The summed E-state index contributed by atoms with van der Waals surface area (Å²) in [5, 5.41) is 2.98. The van der Waals surface area contributed by atoms with E-state index in [0.717, 1.165) is 6.07 Å². The molecule has 0 aliphatic heterocycles. The van der Waals surface area contributed by atoms with Gasteiger partial charge >= 0.3 is 0 Å². The summed E-state index contributed by atoms with van der Waals surface area (Å²) in [5.41, 5.74) is 1.00. The highest BCUT2D eigenvalue weighted by Crippen LogP contribution is 2.37. The molecule has 9 nitrogen and oxygen atoms in total. The van der Waals surface area contributed by atoms with E-state index in [1.807, 2.05) is 0 Å². The highest BCUT2D eigenvalue weighted by molar-refractivity contribution is 6.08. The lowest BCUT2D eigenvalue weighted by Crippen LogP contribution is -2.30. The number of halogens is 2. The number of hydrogen-bond acceptors (Lipinski definition) is 7. The summed E-state index contributed by atoms with van der Waals surface area (Å²) in [6.07, 6.45) is 2.19. The van der Waals surface area contributed by atoms with Gasteiger partial charge in [-0.05, 0) is 36.4 Å². The van der Waals surface area contributed by atoms with Gasteiger partial charge in [0.1, 0.15) is 18.0 Å². The number of carbonyl (C=O) groups excluding carboxylic acids is 2. The maximum atomic E-state index is 14.8. The molecule has 11 heteroatoms. The van der Waals surface area contributed by atoms with Gasteiger partial charge in [-0.2, -0.15) is 0 Å². The van der Waals surface area contributed by atoms with Crippen LogP contribution in [0.5, 0.6) is 23.1 Å². The summed E-state index contributed by atoms with van der Waals surface area (Å²) in [6, 6.07) is 11.2. The van der Waals surface area contributed by atoms with Gasteiger partial charge in [-0.25, -0.2) is 13.8 Å². The summed E-state index contributed by atoms with van der Waals surface area (Å²) in [5.74, 6) is -1.61. The van der Waals surface area contributed by atoms with Gasteiger partial charge in [0.15, 0.2) is 17.3 Å². The van der Waals surface area contributed by atoms with Crippen molar-refractivity contribution in [2.75, 3.05) is 31.5 Å². The number of nitrogens with zero attached hydrogens (tertiary/aromatic N) is 3. The monoisotopic (exact) mass is 508 g/mol. The topological polar surface area (TPSA) is 103 Å². The Morgan fingerprint density at radius 2 is 1.65 bits per heavy atom. The highest BCUT2D eigenvalue weighted by Gasteiger charge is 2.18. The number of ether oxygens (including phenoxy) is 3. The van der Waals surface area contributed by atoms with E-state index in [1.54, 1.807) is 18.2 Å². The average molecular weight is 508 g/mol. The van der Waals surface area contributed by atoms with Gasteiger partial charge < -0.3 is 24.4 Å². The number of nitrogens with one attached hydrogen (secondary N) is 1. The van der Waals surface area contributed by atoms with E-state index in [2.05, 4.69) is 15.3 Å². The van der Waals surface area contributed by atoms with Crippen molar-refractivity contribution in [1.29, 1.82) is 0 Å². The second kappa shape index (κ2) is 10.9.